The predicted molar refractivity (Wildman–Crippen MR) is 94.7 cm³/mol. The number of hydrogen-bond donors (Lipinski definition) is 0. The van der Waals surface area contributed by atoms with Crippen molar-refractivity contribution in [3.05, 3.63) is 23.8 Å². The summed E-state index contributed by atoms with van der Waals surface area (Å²) in [5.74, 6) is -2.74. The number of ether oxygens (including phenoxy) is 3. The van der Waals surface area contributed by atoms with Crippen molar-refractivity contribution in [2.75, 3.05) is 12.4 Å². The second kappa shape index (κ2) is 9.21. The molecule has 1 aromatic carbocycles. The van der Waals surface area contributed by atoms with E-state index in [4.69, 9.17) is 9.47 Å². The zero-order valence-electron chi connectivity index (χ0n) is 15.8. The molecule has 7 nitrogen and oxygen atoms in total. The maximum atomic E-state index is 12.8. The molecule has 0 bridgehead atoms. The monoisotopic (exact) mass is 439 g/mol. The van der Waals surface area contributed by atoms with Crippen molar-refractivity contribution >= 4 is 16.1 Å². The summed E-state index contributed by atoms with van der Waals surface area (Å²) in [6, 6.07) is 3.05. The van der Waals surface area contributed by atoms with Crippen molar-refractivity contribution in [3.8, 4) is 11.5 Å². The molecule has 2 rings (SSSR count). The van der Waals surface area contributed by atoms with E-state index in [2.05, 4.69) is 4.74 Å². The highest BCUT2D eigenvalue weighted by Crippen LogP contribution is 2.41. The number of hydrogen-bond acceptors (Lipinski definition) is 7. The fourth-order valence-corrected chi connectivity index (χ4v) is 3.49. The first-order chi connectivity index (χ1) is 13.4. The molecule has 164 valence electrons. The summed E-state index contributed by atoms with van der Waals surface area (Å²) >= 11 is 0. The lowest BCUT2D eigenvalue weighted by molar-refractivity contribution is -0.275. The predicted octanol–water partition coefficient (Wildman–Crippen LogP) is 3.78. The van der Waals surface area contributed by atoms with Crippen LogP contribution in [-0.4, -0.2) is 43.3 Å². The number of alkyl halides is 3. The van der Waals surface area contributed by atoms with Crippen molar-refractivity contribution < 1.29 is 45.1 Å². The van der Waals surface area contributed by atoms with E-state index in [0.717, 1.165) is 37.5 Å². The van der Waals surface area contributed by atoms with E-state index in [-0.39, 0.29) is 11.3 Å². The van der Waals surface area contributed by atoms with Gasteiger partial charge in [-0.2, -0.15) is 0 Å². The zero-order chi connectivity index (χ0) is 21.7. The van der Waals surface area contributed by atoms with Gasteiger partial charge in [0.05, 0.1) is 21.4 Å². The van der Waals surface area contributed by atoms with Gasteiger partial charge >= 0.3 is 12.3 Å². The molecular formula is C18H22F3O7S-. The molecule has 0 spiro atoms. The molecule has 0 unspecified atom stereocenters. The Morgan fingerprint density at radius 1 is 1.17 bits per heavy atom. The Morgan fingerprint density at radius 3 is 2.38 bits per heavy atom. The first kappa shape index (κ1) is 23.3. The highest BCUT2D eigenvalue weighted by molar-refractivity contribution is 7.85. The Kier molecular flexibility index (Phi) is 7.39. The number of carbonyl (C=O) groups is 1. The maximum Gasteiger partial charge on any atom is 0.573 e. The fourth-order valence-electron chi connectivity index (χ4n) is 3.20. The molecule has 1 aromatic rings. The summed E-state index contributed by atoms with van der Waals surface area (Å²) in [7, 11) is -4.56. The normalized spacial score (nSPS) is 16.9. The van der Waals surface area contributed by atoms with Gasteiger partial charge in [0, 0.05) is 0 Å². The smallest absolute Gasteiger partial charge is 0.573 e. The number of carbonyl (C=O) groups excluding carboxylic acids is 1. The van der Waals surface area contributed by atoms with Crippen molar-refractivity contribution in [3.63, 3.8) is 0 Å². The molecule has 11 heteroatoms. The van der Waals surface area contributed by atoms with Crippen LogP contribution in [0.1, 0.15) is 55.8 Å². The molecule has 1 fully saturated rings. The van der Waals surface area contributed by atoms with Crippen LogP contribution in [-0.2, 0) is 14.9 Å². The van der Waals surface area contributed by atoms with Crippen LogP contribution in [0.3, 0.4) is 0 Å². The third-order valence-electron chi connectivity index (χ3n) is 4.71. The Bertz CT molecular complexity index is 815. The molecule has 0 N–H and O–H groups in total. The van der Waals surface area contributed by atoms with Crippen LogP contribution in [0.2, 0.25) is 0 Å². The Hall–Kier alpha value is -2.01. The molecule has 1 saturated carbocycles. The molecule has 0 aliphatic heterocycles. The maximum absolute atomic E-state index is 12.8. The van der Waals surface area contributed by atoms with Crippen LogP contribution in [0.5, 0.6) is 11.5 Å². The molecule has 0 aromatic heterocycles. The van der Waals surface area contributed by atoms with Crippen molar-refractivity contribution in [2.45, 2.75) is 57.4 Å². The molecular weight excluding hydrogens is 417 g/mol. The van der Waals surface area contributed by atoms with E-state index in [9.17, 15) is 30.9 Å². The van der Waals surface area contributed by atoms with Crippen LogP contribution < -0.4 is 9.47 Å². The fraction of sp³-hybridized carbons (Fsp3) is 0.611. The van der Waals surface area contributed by atoms with E-state index in [1.165, 1.54) is 0 Å². The van der Waals surface area contributed by atoms with Crippen molar-refractivity contribution in [1.29, 1.82) is 0 Å². The number of rotatable bonds is 8. The van der Waals surface area contributed by atoms with Crippen LogP contribution in [0, 0.1) is 0 Å². The SMILES string of the molecule is CCC1(Oc2cc(C(=O)OCCS(=O)(=O)[O-])ccc2OC(F)(F)F)CCCCC1. The van der Waals surface area contributed by atoms with Gasteiger partial charge in [0.15, 0.2) is 11.5 Å². The van der Waals surface area contributed by atoms with E-state index in [1.54, 1.807) is 0 Å². The number of esters is 1. The summed E-state index contributed by atoms with van der Waals surface area (Å²) in [5, 5.41) is 0. The number of benzene rings is 1. The van der Waals surface area contributed by atoms with Crippen LogP contribution in [0.4, 0.5) is 13.2 Å². The highest BCUT2D eigenvalue weighted by Gasteiger charge is 2.36. The lowest BCUT2D eigenvalue weighted by Gasteiger charge is -2.37. The second-order valence-corrected chi connectivity index (χ2v) is 8.33. The lowest BCUT2D eigenvalue weighted by Crippen LogP contribution is -2.37. The molecule has 0 radical (unpaired) electrons. The van der Waals surface area contributed by atoms with Crippen LogP contribution in [0.15, 0.2) is 18.2 Å². The van der Waals surface area contributed by atoms with E-state index in [1.807, 2.05) is 6.92 Å². The number of halogens is 3. The molecule has 0 amide bonds. The summed E-state index contributed by atoms with van der Waals surface area (Å²) in [4.78, 5) is 12.1. The topological polar surface area (TPSA) is 102 Å². The minimum atomic E-state index is -4.95. The third-order valence-corrected chi connectivity index (χ3v) is 5.37. The van der Waals surface area contributed by atoms with Gasteiger partial charge in [0.2, 0.25) is 0 Å². The van der Waals surface area contributed by atoms with E-state index >= 15 is 0 Å². The lowest BCUT2D eigenvalue weighted by atomic mass is 9.82. The average molecular weight is 439 g/mol. The molecule has 1 aliphatic carbocycles. The van der Waals surface area contributed by atoms with Gasteiger partial charge in [0.1, 0.15) is 12.2 Å². The van der Waals surface area contributed by atoms with Gasteiger partial charge in [0.25, 0.3) is 0 Å². The minimum absolute atomic E-state index is 0.153. The molecule has 0 saturated heterocycles. The van der Waals surface area contributed by atoms with Crippen LogP contribution in [0.25, 0.3) is 0 Å². The largest absolute Gasteiger partial charge is 0.748 e. The first-order valence-corrected chi connectivity index (χ1v) is 10.7. The Morgan fingerprint density at radius 2 is 1.83 bits per heavy atom. The second-order valence-electron chi connectivity index (χ2n) is 6.81. The summed E-state index contributed by atoms with van der Waals surface area (Å²) in [6.45, 7) is 1.21. The third kappa shape index (κ3) is 7.39. The van der Waals surface area contributed by atoms with Crippen molar-refractivity contribution in [1.82, 2.24) is 0 Å². The standard InChI is InChI=1S/C18H23F3O7S/c1-2-17(8-4-3-5-9-17)27-15-12-13(6-7-14(15)28-18(19,20)21)16(22)26-10-11-29(23,24)25/h6-7,12H,2-5,8-11H2,1H3,(H,23,24,25)/p-1. The molecule has 0 heterocycles. The van der Waals surface area contributed by atoms with Gasteiger partial charge in [-0.15, -0.1) is 13.2 Å². The van der Waals surface area contributed by atoms with E-state index in [0.29, 0.717) is 19.3 Å². The van der Waals surface area contributed by atoms with Gasteiger partial charge < -0.3 is 18.8 Å². The van der Waals surface area contributed by atoms with Gasteiger partial charge in [-0.25, -0.2) is 13.2 Å². The summed E-state index contributed by atoms with van der Waals surface area (Å²) in [5.41, 5.74) is -0.818. The first-order valence-electron chi connectivity index (χ1n) is 9.12. The minimum Gasteiger partial charge on any atom is -0.748 e. The Labute approximate surface area is 166 Å². The summed E-state index contributed by atoms with van der Waals surface area (Å²) < 4.78 is 84.7. The highest BCUT2D eigenvalue weighted by atomic mass is 32.2. The Balaban J connectivity index is 2.27. The average Bonchev–Trinajstić information content (AvgIpc) is 2.61. The van der Waals surface area contributed by atoms with Gasteiger partial charge in [-0.1, -0.05) is 13.3 Å². The van der Waals surface area contributed by atoms with Gasteiger partial charge in [-0.3, -0.25) is 0 Å². The molecule has 0 atom stereocenters. The zero-order valence-corrected chi connectivity index (χ0v) is 16.6. The summed E-state index contributed by atoms with van der Waals surface area (Å²) in [6.07, 6.45) is -0.325. The molecule has 1 aliphatic rings. The quantitative estimate of drug-likeness (QED) is 0.449. The molecule has 29 heavy (non-hydrogen) atoms. The van der Waals surface area contributed by atoms with Gasteiger partial charge in [-0.05, 0) is 50.3 Å². The van der Waals surface area contributed by atoms with E-state index < -0.39 is 46.2 Å². The van der Waals surface area contributed by atoms with Crippen LogP contribution >= 0.6 is 0 Å². The van der Waals surface area contributed by atoms with Crippen molar-refractivity contribution in [2.24, 2.45) is 0 Å².